The number of rotatable bonds is 6. The highest BCUT2D eigenvalue weighted by atomic mass is 16.3. The third kappa shape index (κ3) is 5.59. The lowest BCUT2D eigenvalue weighted by Gasteiger charge is -2.14. The average molecular weight is 767 g/mol. The minimum atomic E-state index is 0.543. The highest BCUT2D eigenvalue weighted by Crippen LogP contribution is 2.43. The average Bonchev–Trinajstić information content (AvgIpc) is 3.87. The van der Waals surface area contributed by atoms with Crippen LogP contribution in [0.4, 0.5) is 0 Å². The van der Waals surface area contributed by atoms with E-state index in [0.29, 0.717) is 17.6 Å². The zero-order valence-corrected chi connectivity index (χ0v) is 32.3. The predicted octanol–water partition coefficient (Wildman–Crippen LogP) is 14.4. The summed E-state index contributed by atoms with van der Waals surface area (Å²) in [5, 5.41) is 6.71. The van der Waals surface area contributed by atoms with Gasteiger partial charge in [0.15, 0.2) is 11.6 Å². The van der Waals surface area contributed by atoms with Crippen LogP contribution >= 0.6 is 0 Å². The third-order valence-electron chi connectivity index (χ3n) is 11.7. The van der Waals surface area contributed by atoms with E-state index in [2.05, 4.69) is 187 Å². The van der Waals surface area contributed by atoms with Gasteiger partial charge in [-0.2, -0.15) is 9.97 Å². The summed E-state index contributed by atoms with van der Waals surface area (Å²) < 4.78 is 8.66. The lowest BCUT2D eigenvalue weighted by atomic mass is 9.97. The molecule has 9 aromatic carbocycles. The lowest BCUT2D eigenvalue weighted by Crippen LogP contribution is -2.07. The highest BCUT2D eigenvalue weighted by molar-refractivity contribution is 6.20. The molecule has 0 fully saturated rings. The van der Waals surface area contributed by atoms with Crippen molar-refractivity contribution in [3.05, 3.63) is 206 Å². The number of para-hydroxylation sites is 2. The van der Waals surface area contributed by atoms with Gasteiger partial charge in [0.05, 0.1) is 11.0 Å². The minimum absolute atomic E-state index is 0.543. The van der Waals surface area contributed by atoms with Gasteiger partial charge in [-0.3, -0.25) is 4.57 Å². The maximum Gasteiger partial charge on any atom is 0.238 e. The predicted molar refractivity (Wildman–Crippen MR) is 246 cm³/mol. The van der Waals surface area contributed by atoms with Crippen molar-refractivity contribution in [1.82, 2.24) is 19.5 Å². The maximum absolute atomic E-state index is 6.42. The van der Waals surface area contributed by atoms with Crippen molar-refractivity contribution in [3.8, 4) is 62.1 Å². The maximum atomic E-state index is 6.42. The van der Waals surface area contributed by atoms with Gasteiger partial charge in [-0.15, -0.1) is 0 Å². The van der Waals surface area contributed by atoms with E-state index < -0.39 is 0 Å². The summed E-state index contributed by atoms with van der Waals surface area (Å²) in [4.78, 5) is 16.0. The molecule has 3 heterocycles. The number of benzene rings is 9. The fourth-order valence-electron chi connectivity index (χ4n) is 8.78. The summed E-state index contributed by atoms with van der Waals surface area (Å²) in [5.41, 5.74) is 12.3. The first kappa shape index (κ1) is 33.9. The van der Waals surface area contributed by atoms with Gasteiger partial charge in [0.2, 0.25) is 5.95 Å². The SMILES string of the molecule is c1ccc(-c2ccc(-c3nc(-c4ccc(-c5ccccc5)cc4)nc(-n4c5cc6ccccc6cc5c5cccc(-c6cccc7oc8ccccc8c67)c54)n3)cc2)cc1. The van der Waals surface area contributed by atoms with Crippen molar-refractivity contribution in [2.45, 2.75) is 0 Å². The molecule has 5 nitrogen and oxygen atoms in total. The molecule has 0 N–H and O–H groups in total. The van der Waals surface area contributed by atoms with Crippen LogP contribution in [0.25, 0.3) is 117 Å². The topological polar surface area (TPSA) is 56.7 Å². The van der Waals surface area contributed by atoms with E-state index in [-0.39, 0.29) is 0 Å². The first-order chi connectivity index (χ1) is 29.7. The Hall–Kier alpha value is -8.15. The van der Waals surface area contributed by atoms with E-state index in [4.69, 9.17) is 19.4 Å². The van der Waals surface area contributed by atoms with Crippen molar-refractivity contribution in [2.24, 2.45) is 0 Å². The second-order valence-corrected chi connectivity index (χ2v) is 15.2. The summed E-state index contributed by atoms with van der Waals surface area (Å²) in [6.07, 6.45) is 0. The standard InChI is InChI=1S/C55H34N4O/c1-3-13-35(14-4-1)37-25-29-39(30-26-37)53-56-54(40-31-27-38(28-32-40)36-15-5-2-6-16-36)58-55(57-53)59-48-34-42-18-8-7-17-41(42)33-47(48)45-22-11-21-44(52(45)59)43-20-12-24-50-51(43)46-19-9-10-23-49(46)60-50/h1-34H. The van der Waals surface area contributed by atoms with Crippen LogP contribution in [0.3, 0.4) is 0 Å². The Kier molecular flexibility index (Phi) is 7.78. The van der Waals surface area contributed by atoms with Crippen molar-refractivity contribution < 1.29 is 4.42 Å². The van der Waals surface area contributed by atoms with Crippen molar-refractivity contribution in [2.75, 3.05) is 0 Å². The molecule has 0 amide bonds. The number of nitrogens with zero attached hydrogens (tertiary/aromatic N) is 4. The molecule has 5 heteroatoms. The van der Waals surface area contributed by atoms with Gasteiger partial charge in [0, 0.05) is 38.2 Å². The molecule has 0 unspecified atom stereocenters. The Morgan fingerprint density at radius 1 is 0.350 bits per heavy atom. The van der Waals surface area contributed by atoms with Gasteiger partial charge >= 0.3 is 0 Å². The van der Waals surface area contributed by atoms with E-state index in [9.17, 15) is 0 Å². The van der Waals surface area contributed by atoms with E-state index in [1.807, 2.05) is 24.3 Å². The second kappa shape index (κ2) is 13.8. The molecular formula is C55H34N4O. The van der Waals surface area contributed by atoms with Crippen LogP contribution in [0, 0.1) is 0 Å². The van der Waals surface area contributed by atoms with Gasteiger partial charge in [-0.05, 0) is 62.9 Å². The fourth-order valence-corrected chi connectivity index (χ4v) is 8.78. The Labute approximate surface area is 345 Å². The molecule has 12 rings (SSSR count). The van der Waals surface area contributed by atoms with Gasteiger partial charge in [0.25, 0.3) is 0 Å². The number of fused-ring (bicyclic) bond motifs is 7. The second-order valence-electron chi connectivity index (χ2n) is 15.2. The van der Waals surface area contributed by atoms with E-state index in [1.54, 1.807) is 0 Å². The number of hydrogen-bond donors (Lipinski definition) is 0. The summed E-state index contributed by atoms with van der Waals surface area (Å²) in [7, 11) is 0. The van der Waals surface area contributed by atoms with Gasteiger partial charge in [-0.1, -0.05) is 182 Å². The number of aromatic nitrogens is 4. The van der Waals surface area contributed by atoms with Crippen LogP contribution in [-0.4, -0.2) is 19.5 Å². The van der Waals surface area contributed by atoms with Crippen LogP contribution in [0.2, 0.25) is 0 Å². The molecule has 0 bridgehead atoms. The van der Waals surface area contributed by atoms with Crippen LogP contribution < -0.4 is 0 Å². The van der Waals surface area contributed by atoms with Crippen molar-refractivity contribution in [3.63, 3.8) is 0 Å². The Balaban J connectivity index is 1.14. The van der Waals surface area contributed by atoms with E-state index in [0.717, 1.165) is 93.6 Å². The van der Waals surface area contributed by atoms with Crippen LogP contribution in [-0.2, 0) is 0 Å². The molecule has 0 saturated heterocycles. The molecule has 12 aromatic rings. The number of hydrogen-bond acceptors (Lipinski definition) is 4. The molecule has 0 atom stereocenters. The lowest BCUT2D eigenvalue weighted by molar-refractivity contribution is 0.669. The van der Waals surface area contributed by atoms with Crippen LogP contribution in [0.5, 0.6) is 0 Å². The molecule has 60 heavy (non-hydrogen) atoms. The van der Waals surface area contributed by atoms with Gasteiger partial charge in [0.1, 0.15) is 11.2 Å². The molecule has 0 radical (unpaired) electrons. The van der Waals surface area contributed by atoms with Gasteiger partial charge in [-0.25, -0.2) is 4.98 Å². The van der Waals surface area contributed by atoms with E-state index in [1.165, 1.54) is 5.39 Å². The smallest absolute Gasteiger partial charge is 0.238 e. The first-order valence-corrected chi connectivity index (χ1v) is 20.2. The largest absolute Gasteiger partial charge is 0.456 e. The van der Waals surface area contributed by atoms with Gasteiger partial charge < -0.3 is 4.42 Å². The summed E-state index contributed by atoms with van der Waals surface area (Å²) in [6.45, 7) is 0. The van der Waals surface area contributed by atoms with Crippen LogP contribution in [0.15, 0.2) is 211 Å². The Bertz CT molecular complexity index is 3470. The van der Waals surface area contributed by atoms with Crippen molar-refractivity contribution >= 4 is 54.5 Å². The molecule has 0 aliphatic heterocycles. The highest BCUT2D eigenvalue weighted by Gasteiger charge is 2.23. The minimum Gasteiger partial charge on any atom is -0.456 e. The molecule has 0 aliphatic rings. The Morgan fingerprint density at radius 2 is 0.850 bits per heavy atom. The molecule has 3 aromatic heterocycles. The first-order valence-electron chi connectivity index (χ1n) is 20.2. The quantitative estimate of drug-likeness (QED) is 0.169. The van der Waals surface area contributed by atoms with Crippen LogP contribution in [0.1, 0.15) is 0 Å². The monoisotopic (exact) mass is 766 g/mol. The molecule has 0 saturated carbocycles. The summed E-state index contributed by atoms with van der Waals surface area (Å²) in [5.74, 6) is 1.73. The fraction of sp³-hybridized carbons (Fsp3) is 0. The molecule has 0 spiro atoms. The zero-order valence-electron chi connectivity index (χ0n) is 32.3. The summed E-state index contributed by atoms with van der Waals surface area (Å²) >= 11 is 0. The summed E-state index contributed by atoms with van der Waals surface area (Å²) in [6, 6.07) is 72.2. The normalized spacial score (nSPS) is 11.7. The molecular weight excluding hydrogens is 733 g/mol. The molecule has 0 aliphatic carbocycles. The van der Waals surface area contributed by atoms with Crippen molar-refractivity contribution in [1.29, 1.82) is 0 Å². The molecule has 280 valence electrons. The number of furan rings is 1. The zero-order chi connectivity index (χ0) is 39.6. The Morgan fingerprint density at radius 3 is 1.52 bits per heavy atom. The van der Waals surface area contributed by atoms with E-state index >= 15 is 0 Å². The third-order valence-corrected chi connectivity index (χ3v) is 11.7.